The summed E-state index contributed by atoms with van der Waals surface area (Å²) in [6, 6.07) is 21.6. The summed E-state index contributed by atoms with van der Waals surface area (Å²) >= 11 is 0. The number of benzene rings is 3. The second-order valence-corrected chi connectivity index (χ2v) is 8.43. The minimum Gasteiger partial charge on any atom is -0.497 e. The van der Waals surface area contributed by atoms with E-state index in [1.807, 2.05) is 30.3 Å². The lowest BCUT2D eigenvalue weighted by Gasteiger charge is -2.24. The molecule has 3 aromatic rings. The normalized spacial score (nSPS) is 12.1. The highest BCUT2D eigenvalue weighted by molar-refractivity contribution is 6.21. The Bertz CT molecular complexity index is 1200. The Hall–Kier alpha value is -4.05. The van der Waals surface area contributed by atoms with Gasteiger partial charge in [0.1, 0.15) is 35.7 Å². The second-order valence-electron chi connectivity index (χ2n) is 8.43. The van der Waals surface area contributed by atoms with Crippen LogP contribution in [0, 0.1) is 0 Å². The molecule has 0 saturated heterocycles. The van der Waals surface area contributed by atoms with E-state index in [9.17, 15) is 9.90 Å². The number of ether oxygens (including phenoxy) is 5. The summed E-state index contributed by atoms with van der Waals surface area (Å²) in [5, 5.41) is 12.2. The number of hydrogen-bond acceptors (Lipinski definition) is 9. The summed E-state index contributed by atoms with van der Waals surface area (Å²) in [5.74, 6) is 1.91. The van der Waals surface area contributed by atoms with Crippen molar-refractivity contribution in [2.75, 3.05) is 54.7 Å². The molecule has 0 bridgehead atoms. The zero-order valence-electron chi connectivity index (χ0n) is 22.7. The molecule has 1 atom stereocenters. The van der Waals surface area contributed by atoms with Gasteiger partial charge in [-0.1, -0.05) is 30.3 Å². The van der Waals surface area contributed by atoms with Gasteiger partial charge in [0.05, 0.1) is 46.6 Å². The first-order chi connectivity index (χ1) is 19.0. The van der Waals surface area contributed by atoms with Crippen LogP contribution in [0.4, 0.5) is 0 Å². The first-order valence-corrected chi connectivity index (χ1v) is 12.4. The molecule has 208 valence electrons. The van der Waals surface area contributed by atoms with E-state index in [2.05, 4.69) is 0 Å². The monoisotopic (exact) mass is 537 g/mol. The van der Waals surface area contributed by atoms with Gasteiger partial charge in [0.15, 0.2) is 0 Å². The molecule has 0 aromatic heterocycles. The van der Waals surface area contributed by atoms with Gasteiger partial charge in [-0.25, -0.2) is 4.79 Å². The zero-order chi connectivity index (χ0) is 28.0. The second kappa shape index (κ2) is 15.4. The minimum absolute atomic E-state index is 0.0454. The SMILES string of the molecule is COCCN(CC(O)COc1ccc(/C(=C\c2ccc(OC)cc2OC)C(=O)OC)cc1)Oc1ccccc1. The molecule has 0 aliphatic carbocycles. The Morgan fingerprint density at radius 3 is 2.26 bits per heavy atom. The predicted octanol–water partition coefficient (Wildman–Crippen LogP) is 4.10. The highest BCUT2D eigenvalue weighted by atomic mass is 16.7. The fraction of sp³-hybridized carbons (Fsp3) is 0.300. The van der Waals surface area contributed by atoms with Gasteiger partial charge in [0.25, 0.3) is 0 Å². The van der Waals surface area contributed by atoms with Crippen LogP contribution in [-0.2, 0) is 14.3 Å². The van der Waals surface area contributed by atoms with E-state index in [1.54, 1.807) is 74.9 Å². The van der Waals surface area contributed by atoms with E-state index < -0.39 is 12.1 Å². The number of hydrogen-bond donors (Lipinski definition) is 1. The van der Waals surface area contributed by atoms with E-state index in [4.69, 9.17) is 28.5 Å². The van der Waals surface area contributed by atoms with Crippen LogP contribution in [0.5, 0.6) is 23.0 Å². The third-order valence-corrected chi connectivity index (χ3v) is 5.69. The van der Waals surface area contributed by atoms with Crippen molar-refractivity contribution in [3.63, 3.8) is 0 Å². The molecule has 1 N–H and O–H groups in total. The molecule has 0 aliphatic rings. The van der Waals surface area contributed by atoms with E-state index >= 15 is 0 Å². The van der Waals surface area contributed by atoms with Gasteiger partial charge in [0.2, 0.25) is 0 Å². The Balaban J connectivity index is 1.67. The zero-order valence-corrected chi connectivity index (χ0v) is 22.7. The predicted molar refractivity (Wildman–Crippen MR) is 148 cm³/mol. The molecule has 0 heterocycles. The van der Waals surface area contributed by atoms with Crippen LogP contribution in [0.25, 0.3) is 11.6 Å². The van der Waals surface area contributed by atoms with Gasteiger partial charge in [0, 0.05) is 18.7 Å². The van der Waals surface area contributed by atoms with E-state index in [0.29, 0.717) is 52.8 Å². The van der Waals surface area contributed by atoms with Gasteiger partial charge in [-0.2, -0.15) is 0 Å². The molecule has 0 saturated carbocycles. The molecule has 9 heteroatoms. The number of esters is 1. The Morgan fingerprint density at radius 2 is 1.62 bits per heavy atom. The first-order valence-electron chi connectivity index (χ1n) is 12.4. The maximum Gasteiger partial charge on any atom is 0.338 e. The van der Waals surface area contributed by atoms with Crippen LogP contribution in [-0.4, -0.2) is 77.0 Å². The number of aliphatic hydroxyl groups is 1. The summed E-state index contributed by atoms with van der Waals surface area (Å²) in [4.78, 5) is 18.5. The number of carbonyl (C=O) groups is 1. The Kier molecular flexibility index (Phi) is 11.6. The third kappa shape index (κ3) is 9.03. The quantitative estimate of drug-likeness (QED) is 0.133. The van der Waals surface area contributed by atoms with Crippen molar-refractivity contribution in [2.24, 2.45) is 0 Å². The molecule has 0 aliphatic heterocycles. The standard InChI is InChI=1S/C30H35NO8/c1-34-17-16-31(39-26-8-6-5-7-9-26)20-24(32)21-38-25-13-10-22(11-14-25)28(30(33)37-4)18-23-12-15-27(35-2)19-29(23)36-3/h5-15,18-19,24,32H,16-17,20-21H2,1-4H3/b28-18+. The average Bonchev–Trinajstić information content (AvgIpc) is 2.98. The molecule has 39 heavy (non-hydrogen) atoms. The maximum absolute atomic E-state index is 12.6. The number of aliphatic hydroxyl groups excluding tert-OH is 1. The summed E-state index contributed by atoms with van der Waals surface area (Å²) in [5.41, 5.74) is 1.67. The van der Waals surface area contributed by atoms with Crippen molar-refractivity contribution < 1.29 is 38.4 Å². The first kappa shape index (κ1) is 29.5. The van der Waals surface area contributed by atoms with E-state index in [1.165, 1.54) is 7.11 Å². The summed E-state index contributed by atoms with van der Waals surface area (Å²) < 4.78 is 26.7. The molecule has 9 nitrogen and oxygen atoms in total. The van der Waals surface area contributed by atoms with Crippen LogP contribution in [0.2, 0.25) is 0 Å². The maximum atomic E-state index is 12.6. The molecule has 0 spiro atoms. The molecule has 3 rings (SSSR count). The largest absolute Gasteiger partial charge is 0.497 e. The van der Waals surface area contributed by atoms with Crippen LogP contribution in [0.1, 0.15) is 11.1 Å². The number of para-hydroxylation sites is 1. The molecule has 0 radical (unpaired) electrons. The van der Waals surface area contributed by atoms with Gasteiger partial charge in [-0.05, 0) is 48.0 Å². The molecule has 0 fully saturated rings. The van der Waals surface area contributed by atoms with Crippen molar-refractivity contribution in [1.82, 2.24) is 5.06 Å². The highest BCUT2D eigenvalue weighted by Gasteiger charge is 2.17. The van der Waals surface area contributed by atoms with Gasteiger partial charge >= 0.3 is 5.97 Å². The summed E-state index contributed by atoms with van der Waals surface area (Å²) in [6.45, 7) is 1.18. The Labute approximate surface area is 229 Å². The lowest BCUT2D eigenvalue weighted by Crippen LogP contribution is -2.39. The fourth-order valence-corrected chi connectivity index (χ4v) is 3.67. The van der Waals surface area contributed by atoms with Crippen LogP contribution in [0.3, 0.4) is 0 Å². The van der Waals surface area contributed by atoms with Crippen LogP contribution < -0.4 is 19.0 Å². The fourth-order valence-electron chi connectivity index (χ4n) is 3.67. The van der Waals surface area contributed by atoms with E-state index in [0.717, 1.165) is 0 Å². The lowest BCUT2D eigenvalue weighted by atomic mass is 10.0. The number of nitrogens with zero attached hydrogens (tertiary/aromatic N) is 1. The van der Waals surface area contributed by atoms with Crippen LogP contribution in [0.15, 0.2) is 72.8 Å². The molecule has 1 unspecified atom stereocenters. The van der Waals surface area contributed by atoms with Gasteiger partial charge in [-0.3, -0.25) is 0 Å². The topological polar surface area (TPSA) is 95.9 Å². The van der Waals surface area contributed by atoms with Crippen molar-refractivity contribution in [3.8, 4) is 23.0 Å². The van der Waals surface area contributed by atoms with Crippen molar-refractivity contribution in [1.29, 1.82) is 0 Å². The number of methoxy groups -OCH3 is 4. The molecule has 0 amide bonds. The lowest BCUT2D eigenvalue weighted by molar-refractivity contribution is -0.133. The smallest absolute Gasteiger partial charge is 0.338 e. The van der Waals surface area contributed by atoms with Gasteiger partial charge in [-0.15, -0.1) is 5.06 Å². The average molecular weight is 538 g/mol. The molecular formula is C30H35NO8. The highest BCUT2D eigenvalue weighted by Crippen LogP contribution is 2.30. The number of rotatable bonds is 15. The number of hydroxylamine groups is 2. The van der Waals surface area contributed by atoms with E-state index in [-0.39, 0.29) is 13.2 Å². The Morgan fingerprint density at radius 1 is 0.897 bits per heavy atom. The molecular weight excluding hydrogens is 502 g/mol. The number of carbonyl (C=O) groups excluding carboxylic acids is 1. The van der Waals surface area contributed by atoms with Crippen molar-refractivity contribution in [3.05, 3.63) is 83.9 Å². The summed E-state index contributed by atoms with van der Waals surface area (Å²) in [6.07, 6.45) is 0.878. The third-order valence-electron chi connectivity index (χ3n) is 5.69. The van der Waals surface area contributed by atoms with Crippen LogP contribution >= 0.6 is 0 Å². The van der Waals surface area contributed by atoms with Gasteiger partial charge < -0.3 is 33.6 Å². The van der Waals surface area contributed by atoms with Crippen molar-refractivity contribution in [2.45, 2.75) is 6.10 Å². The minimum atomic E-state index is -0.821. The van der Waals surface area contributed by atoms with Crippen molar-refractivity contribution >= 4 is 17.6 Å². The molecule has 3 aromatic carbocycles. The summed E-state index contributed by atoms with van der Waals surface area (Å²) in [7, 11) is 6.06.